The Labute approximate surface area is 228 Å². The first-order chi connectivity index (χ1) is 17.4. The van der Waals surface area contributed by atoms with Crippen LogP contribution in [0.2, 0.25) is 10.0 Å². The average molecular weight is 544 g/mol. The van der Waals surface area contributed by atoms with Crippen molar-refractivity contribution in [1.29, 1.82) is 0 Å². The molecule has 0 bridgehead atoms. The molecule has 7 heteroatoms. The Morgan fingerprint density at radius 2 is 1.69 bits per heavy atom. The van der Waals surface area contributed by atoms with Crippen LogP contribution in [-0.4, -0.2) is 35.1 Å². The van der Waals surface area contributed by atoms with E-state index in [0.717, 1.165) is 23.3 Å². The Bertz CT molecular complexity index is 1160. The molecule has 0 aromatic heterocycles. The van der Waals surface area contributed by atoms with Crippen molar-refractivity contribution in [2.75, 3.05) is 12.3 Å². The summed E-state index contributed by atoms with van der Waals surface area (Å²) in [5.74, 6) is 0.709. The zero-order valence-corrected chi connectivity index (χ0v) is 23.0. The zero-order valence-electron chi connectivity index (χ0n) is 20.7. The summed E-state index contributed by atoms with van der Waals surface area (Å²) >= 11 is 14.1. The van der Waals surface area contributed by atoms with Gasteiger partial charge >= 0.3 is 0 Å². The van der Waals surface area contributed by atoms with Gasteiger partial charge in [-0.1, -0.05) is 90.8 Å². The molecule has 1 atom stereocenters. The lowest BCUT2D eigenvalue weighted by Crippen LogP contribution is -2.51. The number of hydrogen-bond donors (Lipinski definition) is 1. The lowest BCUT2D eigenvalue weighted by molar-refractivity contribution is -0.139. The first-order valence-corrected chi connectivity index (χ1v) is 14.0. The third-order valence-corrected chi connectivity index (χ3v) is 7.47. The molecule has 190 valence electrons. The molecule has 0 saturated heterocycles. The van der Waals surface area contributed by atoms with Crippen molar-refractivity contribution in [3.8, 4) is 0 Å². The summed E-state index contributed by atoms with van der Waals surface area (Å²) in [6.07, 6.45) is 1.23. The van der Waals surface area contributed by atoms with E-state index < -0.39 is 6.04 Å². The zero-order chi connectivity index (χ0) is 25.9. The van der Waals surface area contributed by atoms with E-state index in [1.165, 1.54) is 11.1 Å². The summed E-state index contributed by atoms with van der Waals surface area (Å²) in [5.41, 5.74) is 4.13. The molecular formula is C29H32Cl2N2O2S. The number of hydrogen-bond acceptors (Lipinski definition) is 3. The molecule has 0 spiro atoms. The number of rotatable bonds is 12. The molecule has 0 radical (unpaired) electrons. The Morgan fingerprint density at radius 3 is 2.39 bits per heavy atom. The molecule has 36 heavy (non-hydrogen) atoms. The second kappa shape index (κ2) is 14.3. The number of amides is 2. The summed E-state index contributed by atoms with van der Waals surface area (Å²) < 4.78 is 0. The van der Waals surface area contributed by atoms with Gasteiger partial charge in [-0.05, 0) is 47.7 Å². The van der Waals surface area contributed by atoms with Crippen LogP contribution in [0.1, 0.15) is 35.6 Å². The van der Waals surface area contributed by atoms with Crippen LogP contribution in [0, 0.1) is 6.92 Å². The molecule has 0 saturated carbocycles. The van der Waals surface area contributed by atoms with E-state index in [4.69, 9.17) is 23.2 Å². The molecule has 0 aliphatic carbocycles. The SMILES string of the molecule is CCCNC(=O)[C@@H](Cc1ccccc1)N(Cc1ccc(Cl)cc1Cl)C(=O)CSCc1ccccc1C. The Balaban J connectivity index is 1.87. The van der Waals surface area contributed by atoms with E-state index in [1.807, 2.05) is 55.5 Å². The van der Waals surface area contributed by atoms with Gasteiger partial charge in [0.05, 0.1) is 5.75 Å². The van der Waals surface area contributed by atoms with Crippen LogP contribution in [0.4, 0.5) is 0 Å². The topological polar surface area (TPSA) is 49.4 Å². The van der Waals surface area contributed by atoms with Crippen LogP contribution in [-0.2, 0) is 28.3 Å². The summed E-state index contributed by atoms with van der Waals surface area (Å²) in [7, 11) is 0. The summed E-state index contributed by atoms with van der Waals surface area (Å²) in [6, 6.07) is 22.5. The smallest absolute Gasteiger partial charge is 0.243 e. The minimum Gasteiger partial charge on any atom is -0.354 e. The lowest BCUT2D eigenvalue weighted by Gasteiger charge is -2.32. The fraction of sp³-hybridized carbons (Fsp3) is 0.310. The van der Waals surface area contributed by atoms with Gasteiger partial charge in [0.2, 0.25) is 11.8 Å². The molecule has 0 fully saturated rings. The average Bonchev–Trinajstić information content (AvgIpc) is 2.87. The van der Waals surface area contributed by atoms with Gasteiger partial charge in [0.15, 0.2) is 0 Å². The fourth-order valence-electron chi connectivity index (χ4n) is 3.86. The summed E-state index contributed by atoms with van der Waals surface area (Å²) in [6.45, 7) is 4.85. The minimum atomic E-state index is -0.669. The molecule has 0 heterocycles. The van der Waals surface area contributed by atoms with Crippen molar-refractivity contribution in [2.24, 2.45) is 0 Å². The van der Waals surface area contributed by atoms with E-state index in [2.05, 4.69) is 24.4 Å². The highest BCUT2D eigenvalue weighted by Gasteiger charge is 2.30. The number of aryl methyl sites for hydroxylation is 1. The number of benzene rings is 3. The third kappa shape index (κ3) is 8.29. The molecule has 3 rings (SSSR count). The van der Waals surface area contributed by atoms with Gasteiger partial charge in [-0.2, -0.15) is 0 Å². The Kier molecular flexibility index (Phi) is 11.2. The van der Waals surface area contributed by atoms with E-state index in [-0.39, 0.29) is 24.1 Å². The van der Waals surface area contributed by atoms with Gasteiger partial charge in [0, 0.05) is 35.3 Å². The predicted octanol–water partition coefficient (Wildman–Crippen LogP) is 6.70. The maximum Gasteiger partial charge on any atom is 0.243 e. The van der Waals surface area contributed by atoms with Crippen molar-refractivity contribution in [1.82, 2.24) is 10.2 Å². The number of nitrogens with zero attached hydrogens (tertiary/aromatic N) is 1. The highest BCUT2D eigenvalue weighted by atomic mass is 35.5. The third-order valence-electron chi connectivity index (χ3n) is 5.92. The highest BCUT2D eigenvalue weighted by molar-refractivity contribution is 7.99. The molecule has 3 aromatic rings. The molecule has 3 aromatic carbocycles. The minimum absolute atomic E-state index is 0.104. The van der Waals surface area contributed by atoms with Gasteiger partial charge in [0.1, 0.15) is 6.04 Å². The largest absolute Gasteiger partial charge is 0.354 e. The van der Waals surface area contributed by atoms with Crippen LogP contribution in [0.5, 0.6) is 0 Å². The van der Waals surface area contributed by atoms with Gasteiger partial charge in [-0.25, -0.2) is 0 Å². The van der Waals surface area contributed by atoms with Crippen LogP contribution in [0.15, 0.2) is 72.8 Å². The number of nitrogens with one attached hydrogen (secondary N) is 1. The molecule has 0 aliphatic heterocycles. The maximum absolute atomic E-state index is 13.7. The monoisotopic (exact) mass is 542 g/mol. The molecule has 0 aliphatic rings. The van der Waals surface area contributed by atoms with Crippen LogP contribution in [0.25, 0.3) is 0 Å². The van der Waals surface area contributed by atoms with E-state index in [1.54, 1.807) is 28.8 Å². The van der Waals surface area contributed by atoms with Crippen molar-refractivity contribution in [2.45, 2.75) is 45.0 Å². The van der Waals surface area contributed by atoms with E-state index in [9.17, 15) is 9.59 Å². The van der Waals surface area contributed by atoms with Crippen molar-refractivity contribution in [3.05, 3.63) is 105 Å². The van der Waals surface area contributed by atoms with E-state index >= 15 is 0 Å². The van der Waals surface area contributed by atoms with Gasteiger partial charge in [0.25, 0.3) is 0 Å². The molecule has 4 nitrogen and oxygen atoms in total. The predicted molar refractivity (Wildman–Crippen MR) is 152 cm³/mol. The first kappa shape index (κ1) is 28.1. The van der Waals surface area contributed by atoms with Crippen LogP contribution >= 0.6 is 35.0 Å². The fourth-order valence-corrected chi connectivity index (χ4v) is 5.31. The van der Waals surface area contributed by atoms with Crippen LogP contribution in [0.3, 0.4) is 0 Å². The Morgan fingerprint density at radius 1 is 0.972 bits per heavy atom. The second-order valence-electron chi connectivity index (χ2n) is 8.67. The molecule has 2 amide bonds. The second-order valence-corrected chi connectivity index (χ2v) is 10.5. The molecule has 0 unspecified atom stereocenters. The molecule has 1 N–H and O–H groups in total. The van der Waals surface area contributed by atoms with E-state index in [0.29, 0.717) is 23.0 Å². The number of carbonyl (C=O) groups excluding carboxylic acids is 2. The van der Waals surface area contributed by atoms with Crippen molar-refractivity contribution >= 4 is 46.8 Å². The highest BCUT2D eigenvalue weighted by Crippen LogP contribution is 2.25. The van der Waals surface area contributed by atoms with Gasteiger partial charge < -0.3 is 10.2 Å². The lowest BCUT2D eigenvalue weighted by atomic mass is 10.0. The number of carbonyl (C=O) groups is 2. The van der Waals surface area contributed by atoms with Crippen molar-refractivity contribution in [3.63, 3.8) is 0 Å². The number of thioether (sulfide) groups is 1. The quantitative estimate of drug-likeness (QED) is 0.277. The first-order valence-electron chi connectivity index (χ1n) is 12.1. The number of halogens is 2. The standard InChI is InChI=1S/C29H32Cl2N2O2S/c1-3-15-32-29(35)27(16-22-10-5-4-6-11-22)33(18-23-13-14-25(30)17-26(23)31)28(34)20-36-19-24-12-8-7-9-21(24)2/h4-14,17,27H,3,15-16,18-20H2,1-2H3,(H,32,35)/t27-/m1/s1. The molecular weight excluding hydrogens is 511 g/mol. The van der Waals surface area contributed by atoms with Crippen molar-refractivity contribution < 1.29 is 9.59 Å². The van der Waals surface area contributed by atoms with Gasteiger partial charge in [-0.15, -0.1) is 11.8 Å². The summed E-state index contributed by atoms with van der Waals surface area (Å²) in [4.78, 5) is 28.7. The van der Waals surface area contributed by atoms with Crippen LogP contribution < -0.4 is 5.32 Å². The Hall–Kier alpha value is -2.47. The normalized spacial score (nSPS) is 11.7. The van der Waals surface area contributed by atoms with Gasteiger partial charge in [-0.3, -0.25) is 9.59 Å². The maximum atomic E-state index is 13.7. The summed E-state index contributed by atoms with van der Waals surface area (Å²) in [5, 5.41) is 3.99.